The Balaban J connectivity index is 0.000000317. The lowest BCUT2D eigenvalue weighted by Crippen LogP contribution is -2.43. The number of halogens is 6. The van der Waals surface area contributed by atoms with Crippen LogP contribution in [-0.4, -0.2) is 78.3 Å². The summed E-state index contributed by atoms with van der Waals surface area (Å²) in [7, 11) is 2.09. The summed E-state index contributed by atoms with van der Waals surface area (Å²) in [5.74, 6) is -3.90. The molecule has 16 heteroatoms. The molecule has 39 heavy (non-hydrogen) atoms. The molecule has 1 amide bonds. The van der Waals surface area contributed by atoms with E-state index in [-0.39, 0.29) is 5.92 Å². The van der Waals surface area contributed by atoms with Gasteiger partial charge in [0.2, 0.25) is 5.91 Å². The van der Waals surface area contributed by atoms with Gasteiger partial charge in [0.05, 0.1) is 12.2 Å². The molecule has 0 aromatic carbocycles. The number of carboxylic acid groups (broad SMARTS) is 2. The Kier molecular flexibility index (Phi) is 10.8. The highest BCUT2D eigenvalue weighted by atomic mass is 19.4. The van der Waals surface area contributed by atoms with Crippen molar-refractivity contribution in [2.45, 2.75) is 57.8 Å². The van der Waals surface area contributed by atoms with E-state index in [0.717, 1.165) is 50.5 Å². The van der Waals surface area contributed by atoms with E-state index in [1.54, 1.807) is 6.20 Å². The van der Waals surface area contributed by atoms with E-state index in [1.807, 2.05) is 17.2 Å². The second kappa shape index (κ2) is 13.4. The fraction of sp³-hybridized carbons (Fsp3) is 0.522. The van der Waals surface area contributed by atoms with Gasteiger partial charge in [-0.15, -0.1) is 0 Å². The van der Waals surface area contributed by atoms with Gasteiger partial charge in [0, 0.05) is 50.7 Å². The minimum Gasteiger partial charge on any atom is -0.475 e. The van der Waals surface area contributed by atoms with E-state index in [2.05, 4.69) is 33.8 Å². The van der Waals surface area contributed by atoms with Crippen LogP contribution in [0.5, 0.6) is 0 Å². The maximum atomic E-state index is 12.5. The Morgan fingerprint density at radius 1 is 1.03 bits per heavy atom. The molecule has 3 heterocycles. The van der Waals surface area contributed by atoms with E-state index in [1.165, 1.54) is 12.0 Å². The number of nitrogens with zero attached hydrogens (tertiary/aromatic N) is 5. The number of fused-ring (bicyclic) bond motifs is 1. The Hall–Kier alpha value is -3.69. The molecule has 1 saturated carbocycles. The first kappa shape index (κ1) is 31.5. The van der Waals surface area contributed by atoms with Crippen LogP contribution in [0.15, 0.2) is 30.7 Å². The van der Waals surface area contributed by atoms with Gasteiger partial charge in [0.1, 0.15) is 5.82 Å². The second-order valence-corrected chi connectivity index (χ2v) is 8.87. The molecule has 2 aromatic rings. The van der Waals surface area contributed by atoms with Crippen LogP contribution in [0.1, 0.15) is 36.3 Å². The van der Waals surface area contributed by atoms with E-state index in [0.29, 0.717) is 12.5 Å². The molecule has 2 aromatic heterocycles. The van der Waals surface area contributed by atoms with Crippen molar-refractivity contribution < 1.29 is 50.9 Å². The van der Waals surface area contributed by atoms with Crippen molar-refractivity contribution in [3.63, 3.8) is 0 Å². The molecule has 0 spiro atoms. The zero-order valence-corrected chi connectivity index (χ0v) is 20.7. The molecule has 0 atom stereocenters. The summed E-state index contributed by atoms with van der Waals surface area (Å²) >= 11 is 0. The highest BCUT2D eigenvalue weighted by Gasteiger charge is 2.39. The summed E-state index contributed by atoms with van der Waals surface area (Å²) in [6, 6.07) is 4.05. The maximum Gasteiger partial charge on any atom is 0.490 e. The van der Waals surface area contributed by atoms with Crippen molar-refractivity contribution in [2.75, 3.05) is 13.6 Å². The third kappa shape index (κ3) is 10.2. The van der Waals surface area contributed by atoms with Crippen LogP contribution in [0.2, 0.25) is 0 Å². The molecule has 216 valence electrons. The van der Waals surface area contributed by atoms with Crippen LogP contribution in [-0.2, 0) is 40.6 Å². The smallest absolute Gasteiger partial charge is 0.475 e. The molecular formula is C23H27F6N5O5. The zero-order chi connectivity index (χ0) is 29.4. The average Bonchev–Trinajstić information content (AvgIpc) is 3.19. The number of aromatic nitrogens is 3. The van der Waals surface area contributed by atoms with Gasteiger partial charge >= 0.3 is 24.3 Å². The van der Waals surface area contributed by atoms with Crippen molar-refractivity contribution in [3.8, 4) is 0 Å². The molecule has 0 unspecified atom stereocenters. The Labute approximate surface area is 218 Å². The van der Waals surface area contributed by atoms with Crippen LogP contribution in [0, 0.1) is 5.92 Å². The molecule has 2 aliphatic rings. The van der Waals surface area contributed by atoms with Crippen LogP contribution in [0.3, 0.4) is 0 Å². The number of amides is 1. The van der Waals surface area contributed by atoms with E-state index in [9.17, 15) is 31.1 Å². The number of aliphatic carboxylic acids is 2. The summed E-state index contributed by atoms with van der Waals surface area (Å²) in [6.45, 7) is 3.96. The highest BCUT2D eigenvalue weighted by Crippen LogP contribution is 2.29. The monoisotopic (exact) mass is 567 g/mol. The van der Waals surface area contributed by atoms with Gasteiger partial charge in [-0.05, 0) is 31.5 Å². The largest absolute Gasteiger partial charge is 0.490 e. The standard InChI is InChI=1S/C19H25N5O.2C2HF3O2/c1-22(11-15-4-3-7-20-10-15)12-17-13-23-8-9-24(14-18(23)21-17)19(25)16-5-2-6-16;2*3-2(4,5)1(6)7/h3-4,7,10,13,16H,2,5-6,8-9,11-12,14H2,1H3;2*(H,6,7). The summed E-state index contributed by atoms with van der Waals surface area (Å²) in [5.41, 5.74) is 2.27. The summed E-state index contributed by atoms with van der Waals surface area (Å²) in [6.07, 6.45) is -1.00. The fourth-order valence-electron chi connectivity index (χ4n) is 3.62. The van der Waals surface area contributed by atoms with Gasteiger partial charge in [0.15, 0.2) is 0 Å². The average molecular weight is 567 g/mol. The fourth-order valence-corrected chi connectivity index (χ4v) is 3.62. The molecule has 1 aliphatic heterocycles. The topological polar surface area (TPSA) is 129 Å². The van der Waals surface area contributed by atoms with E-state index < -0.39 is 24.3 Å². The number of carbonyl (C=O) groups excluding carboxylic acids is 1. The molecular weight excluding hydrogens is 540 g/mol. The lowest BCUT2D eigenvalue weighted by atomic mass is 9.84. The zero-order valence-electron chi connectivity index (χ0n) is 20.7. The third-order valence-corrected chi connectivity index (χ3v) is 5.71. The Morgan fingerprint density at radius 2 is 1.62 bits per heavy atom. The normalized spacial score (nSPS) is 15.2. The minimum absolute atomic E-state index is 0.270. The van der Waals surface area contributed by atoms with Crippen LogP contribution in [0.25, 0.3) is 0 Å². The van der Waals surface area contributed by atoms with Crippen LogP contribution in [0.4, 0.5) is 26.3 Å². The van der Waals surface area contributed by atoms with Crippen molar-refractivity contribution >= 4 is 17.8 Å². The van der Waals surface area contributed by atoms with Crippen molar-refractivity contribution in [3.05, 3.63) is 47.8 Å². The van der Waals surface area contributed by atoms with Gasteiger partial charge < -0.3 is 19.7 Å². The molecule has 0 saturated heterocycles. The van der Waals surface area contributed by atoms with E-state index in [4.69, 9.17) is 24.8 Å². The van der Waals surface area contributed by atoms with Gasteiger partial charge in [-0.2, -0.15) is 26.3 Å². The predicted molar refractivity (Wildman–Crippen MR) is 122 cm³/mol. The number of rotatable bonds is 5. The number of carboxylic acids is 2. The number of hydrogen-bond acceptors (Lipinski definition) is 6. The molecule has 2 N–H and O–H groups in total. The predicted octanol–water partition coefficient (Wildman–Crippen LogP) is 3.32. The third-order valence-electron chi connectivity index (χ3n) is 5.71. The molecule has 0 bridgehead atoms. The SMILES string of the molecule is CN(Cc1cccnc1)Cc1cn2c(n1)CN(C(=O)C1CCC1)CC2.O=C(O)C(F)(F)F.O=C(O)C(F)(F)F. The molecule has 0 radical (unpaired) electrons. The molecule has 1 fully saturated rings. The summed E-state index contributed by atoms with van der Waals surface area (Å²) in [5, 5.41) is 14.2. The first-order valence-corrected chi connectivity index (χ1v) is 11.6. The number of alkyl halides is 6. The second-order valence-electron chi connectivity index (χ2n) is 8.87. The van der Waals surface area contributed by atoms with Crippen molar-refractivity contribution in [2.24, 2.45) is 5.92 Å². The summed E-state index contributed by atoms with van der Waals surface area (Å²) in [4.78, 5) is 43.4. The quantitative estimate of drug-likeness (QED) is 0.527. The van der Waals surface area contributed by atoms with Crippen LogP contribution < -0.4 is 0 Å². The lowest BCUT2D eigenvalue weighted by molar-refractivity contribution is -0.193. The van der Waals surface area contributed by atoms with Gasteiger partial charge in [-0.3, -0.25) is 14.7 Å². The van der Waals surface area contributed by atoms with E-state index >= 15 is 0 Å². The first-order chi connectivity index (χ1) is 18.1. The number of hydrogen-bond donors (Lipinski definition) is 2. The minimum atomic E-state index is -5.08. The maximum absolute atomic E-state index is 12.5. The van der Waals surface area contributed by atoms with Crippen molar-refractivity contribution in [1.82, 2.24) is 24.3 Å². The molecule has 10 nitrogen and oxygen atoms in total. The lowest BCUT2D eigenvalue weighted by Gasteiger charge is -2.34. The number of imidazole rings is 1. The van der Waals surface area contributed by atoms with Gasteiger partial charge in [-0.1, -0.05) is 12.5 Å². The Bertz CT molecular complexity index is 1090. The molecule has 1 aliphatic carbocycles. The van der Waals surface area contributed by atoms with Gasteiger partial charge in [-0.25, -0.2) is 14.6 Å². The summed E-state index contributed by atoms with van der Waals surface area (Å²) < 4.78 is 65.7. The van der Waals surface area contributed by atoms with Crippen molar-refractivity contribution in [1.29, 1.82) is 0 Å². The van der Waals surface area contributed by atoms with Crippen LogP contribution >= 0.6 is 0 Å². The Morgan fingerprint density at radius 3 is 2.08 bits per heavy atom. The number of carbonyl (C=O) groups is 3. The molecule has 4 rings (SSSR count). The highest BCUT2D eigenvalue weighted by molar-refractivity contribution is 5.79. The first-order valence-electron chi connectivity index (χ1n) is 11.6. The number of pyridine rings is 1. The van der Waals surface area contributed by atoms with Gasteiger partial charge in [0.25, 0.3) is 0 Å².